The Bertz CT molecular complexity index is 420. The van der Waals surface area contributed by atoms with Crippen molar-refractivity contribution in [3.8, 4) is 5.82 Å². The van der Waals surface area contributed by atoms with Crippen molar-refractivity contribution in [3.63, 3.8) is 0 Å². The van der Waals surface area contributed by atoms with Gasteiger partial charge in [0, 0.05) is 12.2 Å². The van der Waals surface area contributed by atoms with Crippen LogP contribution in [-0.4, -0.2) is 25.8 Å². The van der Waals surface area contributed by atoms with Gasteiger partial charge in [0.1, 0.15) is 12.7 Å². The molecule has 2 heterocycles. The van der Waals surface area contributed by atoms with Crippen LogP contribution in [0.3, 0.4) is 0 Å². The average molecular weight is 217 g/mol. The van der Waals surface area contributed by atoms with E-state index in [1.807, 2.05) is 18.3 Å². The highest BCUT2D eigenvalue weighted by molar-refractivity contribution is 5.24. The van der Waals surface area contributed by atoms with Gasteiger partial charge in [-0.25, -0.2) is 14.6 Å². The van der Waals surface area contributed by atoms with Crippen molar-refractivity contribution in [1.82, 2.24) is 19.7 Å². The van der Waals surface area contributed by atoms with Crippen LogP contribution in [0.1, 0.15) is 18.9 Å². The molecule has 5 heteroatoms. The van der Waals surface area contributed by atoms with Gasteiger partial charge in [-0.3, -0.25) is 0 Å². The molecule has 2 rings (SSSR count). The minimum absolute atomic E-state index is 0.207. The zero-order valence-corrected chi connectivity index (χ0v) is 9.24. The van der Waals surface area contributed by atoms with Gasteiger partial charge in [-0.1, -0.05) is 13.0 Å². The molecule has 1 unspecified atom stereocenters. The van der Waals surface area contributed by atoms with Crippen LogP contribution >= 0.6 is 0 Å². The summed E-state index contributed by atoms with van der Waals surface area (Å²) in [5, 5.41) is 4.01. The van der Waals surface area contributed by atoms with Crippen LogP contribution < -0.4 is 5.73 Å². The Hall–Kier alpha value is -1.75. The maximum Gasteiger partial charge on any atom is 0.155 e. The zero-order chi connectivity index (χ0) is 11.4. The van der Waals surface area contributed by atoms with E-state index in [4.69, 9.17) is 5.73 Å². The highest BCUT2D eigenvalue weighted by Gasteiger charge is 2.03. The third kappa shape index (κ3) is 2.43. The predicted molar refractivity (Wildman–Crippen MR) is 61.1 cm³/mol. The Morgan fingerprint density at radius 3 is 2.88 bits per heavy atom. The molecule has 0 spiro atoms. The molecule has 2 N–H and O–H groups in total. The molecule has 0 saturated heterocycles. The summed E-state index contributed by atoms with van der Waals surface area (Å²) in [6.45, 7) is 2.09. The van der Waals surface area contributed by atoms with Crippen molar-refractivity contribution in [2.45, 2.75) is 25.8 Å². The fourth-order valence-corrected chi connectivity index (χ4v) is 1.45. The van der Waals surface area contributed by atoms with Gasteiger partial charge in [-0.15, -0.1) is 0 Å². The lowest BCUT2D eigenvalue weighted by atomic mass is 10.1. The first kappa shape index (κ1) is 10.8. The Kier molecular flexibility index (Phi) is 3.26. The van der Waals surface area contributed by atoms with E-state index in [2.05, 4.69) is 22.0 Å². The van der Waals surface area contributed by atoms with Crippen LogP contribution in [0.15, 0.2) is 31.0 Å². The zero-order valence-electron chi connectivity index (χ0n) is 9.24. The van der Waals surface area contributed by atoms with Crippen LogP contribution in [-0.2, 0) is 6.42 Å². The molecule has 2 aromatic rings. The van der Waals surface area contributed by atoms with Crippen LogP contribution in [0.2, 0.25) is 0 Å². The second kappa shape index (κ2) is 4.85. The number of hydrogen-bond acceptors (Lipinski definition) is 4. The Morgan fingerprint density at radius 2 is 2.31 bits per heavy atom. The monoisotopic (exact) mass is 217 g/mol. The number of aromatic nitrogens is 4. The summed E-state index contributed by atoms with van der Waals surface area (Å²) in [6.07, 6.45) is 6.79. The van der Waals surface area contributed by atoms with Crippen LogP contribution in [0.5, 0.6) is 0 Å². The molecule has 2 aromatic heterocycles. The summed E-state index contributed by atoms with van der Waals surface area (Å²) >= 11 is 0. The number of pyridine rings is 1. The molecule has 5 nitrogen and oxygen atoms in total. The fraction of sp³-hybridized carbons (Fsp3) is 0.364. The van der Waals surface area contributed by atoms with E-state index in [0.29, 0.717) is 0 Å². The van der Waals surface area contributed by atoms with Gasteiger partial charge in [-0.05, 0) is 24.5 Å². The smallest absolute Gasteiger partial charge is 0.155 e. The fourth-order valence-electron chi connectivity index (χ4n) is 1.45. The standard InChI is InChI=1S/C11H15N5/c1-2-10(12)5-9-3-4-11(14-6-9)16-8-13-7-15-16/h3-4,6-8,10H,2,5,12H2,1H3. The normalized spacial score (nSPS) is 12.6. The van der Waals surface area contributed by atoms with Crippen LogP contribution in [0.25, 0.3) is 5.82 Å². The first-order chi connectivity index (χ1) is 7.79. The lowest BCUT2D eigenvalue weighted by Crippen LogP contribution is -2.21. The lowest BCUT2D eigenvalue weighted by molar-refractivity contribution is 0.644. The van der Waals surface area contributed by atoms with Crippen molar-refractivity contribution in [2.24, 2.45) is 5.73 Å². The first-order valence-corrected chi connectivity index (χ1v) is 5.35. The highest BCUT2D eigenvalue weighted by atomic mass is 15.3. The molecule has 84 valence electrons. The molecule has 0 aliphatic rings. The predicted octanol–water partition coefficient (Wildman–Crippen LogP) is 0.942. The first-order valence-electron chi connectivity index (χ1n) is 5.35. The Morgan fingerprint density at radius 1 is 1.44 bits per heavy atom. The van der Waals surface area contributed by atoms with Gasteiger partial charge < -0.3 is 5.73 Å². The molecule has 0 radical (unpaired) electrons. The summed E-state index contributed by atoms with van der Waals surface area (Å²) in [6, 6.07) is 4.16. The molecule has 0 aliphatic carbocycles. The molecule has 0 fully saturated rings. The molecule has 1 atom stereocenters. The molecule has 0 aromatic carbocycles. The van der Waals surface area contributed by atoms with E-state index in [9.17, 15) is 0 Å². The second-order valence-electron chi connectivity index (χ2n) is 3.74. The summed E-state index contributed by atoms with van der Waals surface area (Å²) in [4.78, 5) is 8.19. The second-order valence-corrected chi connectivity index (χ2v) is 3.74. The van der Waals surface area contributed by atoms with Gasteiger partial charge in [0.15, 0.2) is 5.82 Å². The Labute approximate surface area is 94.3 Å². The van der Waals surface area contributed by atoms with E-state index in [1.54, 1.807) is 11.0 Å². The largest absolute Gasteiger partial charge is 0.327 e. The van der Waals surface area contributed by atoms with E-state index < -0.39 is 0 Å². The maximum atomic E-state index is 5.88. The SMILES string of the molecule is CCC(N)Cc1ccc(-n2cncn2)nc1. The van der Waals surface area contributed by atoms with Crippen LogP contribution in [0, 0.1) is 0 Å². The number of nitrogens with two attached hydrogens (primary N) is 1. The molecule has 16 heavy (non-hydrogen) atoms. The molecular weight excluding hydrogens is 202 g/mol. The molecule has 0 bridgehead atoms. The topological polar surface area (TPSA) is 69.6 Å². The summed E-state index contributed by atoms with van der Waals surface area (Å²) in [7, 11) is 0. The number of rotatable bonds is 4. The molecule has 0 amide bonds. The quantitative estimate of drug-likeness (QED) is 0.827. The van der Waals surface area contributed by atoms with Crippen molar-refractivity contribution in [2.75, 3.05) is 0 Å². The minimum atomic E-state index is 0.207. The van der Waals surface area contributed by atoms with Crippen molar-refractivity contribution in [1.29, 1.82) is 0 Å². The third-order valence-electron chi connectivity index (χ3n) is 2.48. The summed E-state index contributed by atoms with van der Waals surface area (Å²) < 4.78 is 1.63. The molecule has 0 saturated carbocycles. The molecular formula is C11H15N5. The minimum Gasteiger partial charge on any atom is -0.327 e. The van der Waals surface area contributed by atoms with E-state index in [-0.39, 0.29) is 6.04 Å². The van der Waals surface area contributed by atoms with E-state index in [1.165, 1.54) is 6.33 Å². The van der Waals surface area contributed by atoms with Gasteiger partial charge >= 0.3 is 0 Å². The summed E-state index contributed by atoms with van der Waals surface area (Å²) in [5.41, 5.74) is 7.03. The summed E-state index contributed by atoms with van der Waals surface area (Å²) in [5.74, 6) is 0.770. The van der Waals surface area contributed by atoms with Crippen molar-refractivity contribution >= 4 is 0 Å². The van der Waals surface area contributed by atoms with Crippen molar-refractivity contribution < 1.29 is 0 Å². The van der Waals surface area contributed by atoms with E-state index >= 15 is 0 Å². The number of hydrogen-bond donors (Lipinski definition) is 1. The van der Waals surface area contributed by atoms with Gasteiger partial charge in [0.25, 0.3) is 0 Å². The van der Waals surface area contributed by atoms with Gasteiger partial charge in [-0.2, -0.15) is 5.10 Å². The third-order valence-corrected chi connectivity index (χ3v) is 2.48. The maximum absolute atomic E-state index is 5.88. The number of nitrogens with zero attached hydrogens (tertiary/aromatic N) is 4. The van der Waals surface area contributed by atoms with E-state index in [0.717, 1.165) is 24.2 Å². The highest BCUT2D eigenvalue weighted by Crippen LogP contribution is 2.06. The van der Waals surface area contributed by atoms with Crippen LogP contribution in [0.4, 0.5) is 0 Å². The Balaban J connectivity index is 2.11. The lowest BCUT2D eigenvalue weighted by Gasteiger charge is -2.08. The average Bonchev–Trinajstić information content (AvgIpc) is 2.83. The van der Waals surface area contributed by atoms with Crippen molar-refractivity contribution in [3.05, 3.63) is 36.5 Å². The molecule has 0 aliphatic heterocycles. The van der Waals surface area contributed by atoms with Gasteiger partial charge in [0.2, 0.25) is 0 Å². The van der Waals surface area contributed by atoms with Gasteiger partial charge in [0.05, 0.1) is 0 Å².